The topological polar surface area (TPSA) is 72.5 Å². The number of sulfonamides is 1. The van der Waals surface area contributed by atoms with Crippen molar-refractivity contribution in [3.05, 3.63) is 71.0 Å². The molecule has 0 fully saturated rings. The van der Waals surface area contributed by atoms with E-state index in [1.807, 2.05) is 30.3 Å². The molecular formula is C18H13ClFNO4S. The number of carbonyl (C=O) groups is 1. The van der Waals surface area contributed by atoms with Gasteiger partial charge in [-0.1, -0.05) is 48.0 Å². The second-order valence-corrected chi connectivity index (χ2v) is 7.70. The van der Waals surface area contributed by atoms with Crippen LogP contribution < -0.4 is 9.46 Å². The van der Waals surface area contributed by atoms with Gasteiger partial charge in [0.05, 0.1) is 16.8 Å². The number of carbonyl (C=O) groups excluding carboxylic acids is 1. The van der Waals surface area contributed by atoms with E-state index < -0.39 is 27.3 Å². The average Bonchev–Trinajstić information content (AvgIpc) is 2.56. The van der Waals surface area contributed by atoms with Crippen molar-refractivity contribution in [3.8, 4) is 11.5 Å². The molecule has 5 nitrogen and oxygen atoms in total. The van der Waals surface area contributed by atoms with Gasteiger partial charge in [-0.15, -0.1) is 0 Å². The molecule has 0 aromatic heterocycles. The SMILES string of the molecule is CS(=O)(=O)NC(=O)c1cc(Cl)c(Oc2cccc3ccccc23)cc1F. The highest BCUT2D eigenvalue weighted by Gasteiger charge is 2.19. The summed E-state index contributed by atoms with van der Waals surface area (Å²) in [5.41, 5.74) is -0.495. The van der Waals surface area contributed by atoms with Gasteiger partial charge in [0.25, 0.3) is 5.91 Å². The molecule has 0 bridgehead atoms. The Balaban J connectivity index is 1.97. The van der Waals surface area contributed by atoms with E-state index in [1.54, 1.807) is 16.9 Å². The first-order valence-electron chi connectivity index (χ1n) is 7.41. The van der Waals surface area contributed by atoms with Crippen LogP contribution in [0.25, 0.3) is 10.8 Å². The molecule has 3 aromatic rings. The number of ether oxygens (including phenoxy) is 1. The van der Waals surface area contributed by atoms with E-state index in [9.17, 15) is 17.6 Å². The van der Waals surface area contributed by atoms with Crippen molar-refractivity contribution in [2.24, 2.45) is 0 Å². The maximum absolute atomic E-state index is 14.3. The lowest BCUT2D eigenvalue weighted by Gasteiger charge is -2.12. The number of amides is 1. The van der Waals surface area contributed by atoms with Gasteiger partial charge in [0.1, 0.15) is 17.3 Å². The predicted octanol–water partition coefficient (Wildman–Crippen LogP) is 4.11. The molecule has 3 rings (SSSR count). The number of hydrogen-bond donors (Lipinski definition) is 1. The summed E-state index contributed by atoms with van der Waals surface area (Å²) in [4.78, 5) is 11.8. The third-order valence-electron chi connectivity index (χ3n) is 3.51. The van der Waals surface area contributed by atoms with Crippen LogP contribution in [-0.4, -0.2) is 20.6 Å². The zero-order chi connectivity index (χ0) is 18.9. The van der Waals surface area contributed by atoms with E-state index in [4.69, 9.17) is 16.3 Å². The number of rotatable bonds is 4. The smallest absolute Gasteiger partial charge is 0.267 e. The highest BCUT2D eigenvalue weighted by Crippen LogP contribution is 2.35. The van der Waals surface area contributed by atoms with Crippen LogP contribution in [0.3, 0.4) is 0 Å². The Morgan fingerprint density at radius 1 is 1.08 bits per heavy atom. The van der Waals surface area contributed by atoms with Crippen LogP contribution in [0.1, 0.15) is 10.4 Å². The van der Waals surface area contributed by atoms with Crippen LogP contribution in [0.2, 0.25) is 5.02 Å². The van der Waals surface area contributed by atoms with Crippen LogP contribution in [0.15, 0.2) is 54.6 Å². The molecule has 3 aromatic carbocycles. The van der Waals surface area contributed by atoms with E-state index >= 15 is 0 Å². The fourth-order valence-corrected chi connectivity index (χ4v) is 3.06. The summed E-state index contributed by atoms with van der Waals surface area (Å²) in [7, 11) is -3.82. The molecule has 1 N–H and O–H groups in total. The average molecular weight is 394 g/mol. The molecule has 0 heterocycles. The third-order valence-corrected chi connectivity index (χ3v) is 4.37. The van der Waals surface area contributed by atoms with Crippen LogP contribution in [0.5, 0.6) is 11.5 Å². The van der Waals surface area contributed by atoms with Crippen LogP contribution >= 0.6 is 11.6 Å². The largest absolute Gasteiger partial charge is 0.455 e. The molecule has 0 saturated heterocycles. The number of fused-ring (bicyclic) bond motifs is 1. The Bertz CT molecular complexity index is 1110. The minimum atomic E-state index is -3.82. The third kappa shape index (κ3) is 3.95. The summed E-state index contributed by atoms with van der Waals surface area (Å²) < 4.78 is 43.9. The Hall–Kier alpha value is -2.64. The van der Waals surface area contributed by atoms with Crippen molar-refractivity contribution in [3.63, 3.8) is 0 Å². The van der Waals surface area contributed by atoms with E-state index in [0.29, 0.717) is 5.75 Å². The molecule has 0 radical (unpaired) electrons. The van der Waals surface area contributed by atoms with Gasteiger partial charge in [-0.05, 0) is 17.5 Å². The first-order valence-corrected chi connectivity index (χ1v) is 9.68. The van der Waals surface area contributed by atoms with E-state index in [0.717, 1.165) is 29.2 Å². The Morgan fingerprint density at radius 3 is 2.50 bits per heavy atom. The first-order chi connectivity index (χ1) is 12.2. The lowest BCUT2D eigenvalue weighted by molar-refractivity contribution is 0.0977. The summed E-state index contributed by atoms with van der Waals surface area (Å²) in [5, 5.41) is 1.72. The summed E-state index contributed by atoms with van der Waals surface area (Å²) >= 11 is 6.10. The van der Waals surface area contributed by atoms with Gasteiger partial charge in [0.15, 0.2) is 0 Å². The zero-order valence-electron chi connectivity index (χ0n) is 13.5. The lowest BCUT2D eigenvalue weighted by atomic mass is 10.1. The van der Waals surface area contributed by atoms with Crippen molar-refractivity contribution in [1.29, 1.82) is 0 Å². The van der Waals surface area contributed by atoms with Crippen molar-refractivity contribution < 1.29 is 22.3 Å². The van der Waals surface area contributed by atoms with E-state index in [2.05, 4.69) is 0 Å². The Morgan fingerprint density at radius 2 is 1.77 bits per heavy atom. The number of halogens is 2. The normalized spacial score (nSPS) is 11.3. The second kappa shape index (κ2) is 6.93. The maximum atomic E-state index is 14.3. The minimum Gasteiger partial charge on any atom is -0.455 e. The molecule has 8 heteroatoms. The molecular weight excluding hydrogens is 381 g/mol. The summed E-state index contributed by atoms with van der Waals surface area (Å²) in [6, 6.07) is 14.9. The highest BCUT2D eigenvalue weighted by atomic mass is 35.5. The maximum Gasteiger partial charge on any atom is 0.267 e. The Kier molecular flexibility index (Phi) is 4.84. The molecule has 1 amide bonds. The fraction of sp³-hybridized carbons (Fsp3) is 0.0556. The van der Waals surface area contributed by atoms with Gasteiger partial charge in [-0.3, -0.25) is 4.79 Å². The second-order valence-electron chi connectivity index (χ2n) is 5.55. The van der Waals surface area contributed by atoms with Crippen molar-refractivity contribution in [2.75, 3.05) is 6.26 Å². The predicted molar refractivity (Wildman–Crippen MR) is 97.7 cm³/mol. The highest BCUT2D eigenvalue weighted by molar-refractivity contribution is 7.89. The van der Waals surface area contributed by atoms with Crippen LogP contribution in [0.4, 0.5) is 4.39 Å². The molecule has 0 spiro atoms. The zero-order valence-corrected chi connectivity index (χ0v) is 15.1. The quantitative estimate of drug-likeness (QED) is 0.723. The molecule has 26 heavy (non-hydrogen) atoms. The van der Waals surface area contributed by atoms with Gasteiger partial charge in [0, 0.05) is 11.5 Å². The molecule has 0 aliphatic heterocycles. The minimum absolute atomic E-state index is 0.0106. The van der Waals surface area contributed by atoms with Crippen molar-refractivity contribution >= 4 is 38.3 Å². The number of hydrogen-bond acceptors (Lipinski definition) is 4. The molecule has 0 unspecified atom stereocenters. The van der Waals surface area contributed by atoms with Crippen LogP contribution in [0, 0.1) is 5.82 Å². The molecule has 0 atom stereocenters. The molecule has 0 saturated carbocycles. The van der Waals surface area contributed by atoms with Gasteiger partial charge < -0.3 is 4.74 Å². The fourth-order valence-electron chi connectivity index (χ4n) is 2.41. The van der Waals surface area contributed by atoms with E-state index in [1.165, 1.54) is 0 Å². The summed E-state index contributed by atoms with van der Waals surface area (Å²) in [6.07, 6.45) is 0.794. The van der Waals surface area contributed by atoms with Crippen molar-refractivity contribution in [2.45, 2.75) is 0 Å². The monoisotopic (exact) mass is 393 g/mol. The summed E-state index contributed by atoms with van der Waals surface area (Å²) in [6.45, 7) is 0. The lowest BCUT2D eigenvalue weighted by Crippen LogP contribution is -2.30. The molecule has 0 aliphatic rings. The standard InChI is InChI=1S/C18H13ClFNO4S/c1-26(23,24)21-18(22)13-9-14(19)17(10-15(13)20)25-16-8-4-6-11-5-2-3-7-12(11)16/h2-10H,1H3,(H,21,22). The number of benzene rings is 3. The number of nitrogens with one attached hydrogen (secondary N) is 1. The van der Waals surface area contributed by atoms with Crippen LogP contribution in [-0.2, 0) is 10.0 Å². The van der Waals surface area contributed by atoms with Gasteiger partial charge in [-0.25, -0.2) is 17.5 Å². The van der Waals surface area contributed by atoms with Gasteiger partial charge >= 0.3 is 0 Å². The first kappa shape index (κ1) is 18.2. The van der Waals surface area contributed by atoms with Gasteiger partial charge in [-0.2, -0.15) is 0 Å². The Labute approximate surface area is 154 Å². The van der Waals surface area contributed by atoms with Crippen molar-refractivity contribution in [1.82, 2.24) is 4.72 Å². The summed E-state index contributed by atoms with van der Waals surface area (Å²) in [5.74, 6) is -1.58. The molecule has 134 valence electrons. The van der Waals surface area contributed by atoms with Gasteiger partial charge in [0.2, 0.25) is 10.0 Å². The van der Waals surface area contributed by atoms with E-state index in [-0.39, 0.29) is 10.8 Å². The molecule has 0 aliphatic carbocycles.